The van der Waals surface area contributed by atoms with E-state index in [-0.39, 0.29) is 6.61 Å². The number of thiophene rings is 1. The molecule has 0 radical (unpaired) electrons. The minimum atomic E-state index is -1.40. The molecule has 0 aliphatic heterocycles. The van der Waals surface area contributed by atoms with Crippen molar-refractivity contribution < 1.29 is 9.53 Å². The van der Waals surface area contributed by atoms with Crippen LogP contribution in [0.25, 0.3) is 21.3 Å². The number of ether oxygens (including phenoxy) is 1. The second-order valence-corrected chi connectivity index (χ2v) is 8.22. The lowest BCUT2D eigenvalue weighted by Crippen LogP contribution is -2.51. The average molecular weight is 384 g/mol. The van der Waals surface area contributed by atoms with Crippen LogP contribution < -0.4 is 11.2 Å². The third kappa shape index (κ3) is 2.56. The van der Waals surface area contributed by atoms with Gasteiger partial charge in [-0.1, -0.05) is 24.3 Å². The highest BCUT2D eigenvalue weighted by Gasteiger charge is 2.36. The van der Waals surface area contributed by atoms with Gasteiger partial charge in [-0.2, -0.15) is 0 Å². The maximum Gasteiger partial charge on any atom is 0.332 e. The Morgan fingerprint density at radius 3 is 2.74 bits per heavy atom. The van der Waals surface area contributed by atoms with Crippen LogP contribution in [0.15, 0.2) is 33.9 Å². The number of aromatic nitrogens is 2. The van der Waals surface area contributed by atoms with Crippen LogP contribution in [0.5, 0.6) is 0 Å². The molecule has 0 spiro atoms. The van der Waals surface area contributed by atoms with Crippen LogP contribution in [0.2, 0.25) is 0 Å². The van der Waals surface area contributed by atoms with Crippen LogP contribution in [0.4, 0.5) is 0 Å². The second-order valence-electron chi connectivity index (χ2n) is 7.11. The monoisotopic (exact) mass is 384 g/mol. The predicted molar refractivity (Wildman–Crippen MR) is 106 cm³/mol. The number of hydrogen-bond acceptors (Lipinski definition) is 5. The number of nitrogens with zero attached hydrogens (tertiary/aromatic N) is 1. The van der Waals surface area contributed by atoms with Crippen molar-refractivity contribution in [2.45, 2.75) is 39.2 Å². The smallest absolute Gasteiger partial charge is 0.332 e. The highest BCUT2D eigenvalue weighted by atomic mass is 32.1. The van der Waals surface area contributed by atoms with Crippen LogP contribution in [-0.2, 0) is 27.9 Å². The highest BCUT2D eigenvalue weighted by Crippen LogP contribution is 2.41. The summed E-state index contributed by atoms with van der Waals surface area (Å²) >= 11 is 1.44. The summed E-state index contributed by atoms with van der Waals surface area (Å²) in [5.41, 5.74) is 0.629. The number of nitrogens with one attached hydrogen (secondary N) is 1. The molecule has 2 aromatic heterocycles. The molecule has 0 fully saturated rings. The molecular formula is C20H20N2O4S. The number of fused-ring (bicyclic) bond motifs is 5. The number of benzene rings is 1. The zero-order chi connectivity index (χ0) is 19.3. The van der Waals surface area contributed by atoms with E-state index in [0.717, 1.165) is 33.4 Å². The molecule has 4 rings (SSSR count). The number of carbonyl (C=O) groups excluding carboxylic acids is 1. The Kier molecular flexibility index (Phi) is 4.07. The molecule has 0 atom stereocenters. The summed E-state index contributed by atoms with van der Waals surface area (Å²) in [5, 5.41) is 0.471. The van der Waals surface area contributed by atoms with E-state index in [1.807, 2.05) is 18.2 Å². The summed E-state index contributed by atoms with van der Waals surface area (Å²) in [7, 11) is 0. The van der Waals surface area contributed by atoms with Gasteiger partial charge >= 0.3 is 11.7 Å². The average Bonchev–Trinajstić information content (AvgIpc) is 3.00. The molecule has 0 saturated carbocycles. The molecule has 140 valence electrons. The first kappa shape index (κ1) is 17.7. The van der Waals surface area contributed by atoms with Crippen LogP contribution in [0.3, 0.4) is 0 Å². The van der Waals surface area contributed by atoms with E-state index < -0.39 is 22.8 Å². The van der Waals surface area contributed by atoms with Crippen molar-refractivity contribution in [1.29, 1.82) is 0 Å². The number of H-pyrrole nitrogens is 1. The van der Waals surface area contributed by atoms with Gasteiger partial charge in [0.15, 0.2) is 0 Å². The fraction of sp³-hybridized carbons (Fsp3) is 0.350. The molecule has 1 N–H and O–H groups in total. The zero-order valence-corrected chi connectivity index (χ0v) is 16.2. The van der Waals surface area contributed by atoms with Crippen LogP contribution in [0, 0.1) is 0 Å². The molecule has 1 aliphatic rings. The first-order valence-corrected chi connectivity index (χ1v) is 9.74. The van der Waals surface area contributed by atoms with Crippen molar-refractivity contribution in [3.8, 4) is 11.1 Å². The third-order valence-electron chi connectivity index (χ3n) is 5.06. The van der Waals surface area contributed by atoms with Gasteiger partial charge in [0.1, 0.15) is 10.4 Å². The Hall–Kier alpha value is -2.67. The van der Waals surface area contributed by atoms with Gasteiger partial charge in [0, 0.05) is 10.4 Å². The standard InChI is InChI=1S/C20H20N2O4S/c1-4-26-18(24)20(2,3)22-17(23)15-14-12-8-6-5-7-11(12)9-10-13(14)27-16(15)21-19(22)25/h5-8H,4,9-10H2,1-3H3,(H,21,25). The molecule has 2 heterocycles. The Morgan fingerprint density at radius 1 is 1.26 bits per heavy atom. The lowest BCUT2D eigenvalue weighted by Gasteiger charge is -2.24. The molecule has 7 heteroatoms. The first-order valence-electron chi connectivity index (χ1n) is 8.93. The van der Waals surface area contributed by atoms with Crippen molar-refractivity contribution in [3.05, 3.63) is 55.5 Å². The fourth-order valence-electron chi connectivity index (χ4n) is 3.73. The SMILES string of the molecule is CCOC(=O)C(C)(C)n1c(=O)[nH]c2sc3c(c2c1=O)-c1ccccc1CC3. The number of aromatic amines is 1. The summed E-state index contributed by atoms with van der Waals surface area (Å²) in [5.74, 6) is -0.610. The van der Waals surface area contributed by atoms with Crippen molar-refractivity contribution in [2.75, 3.05) is 6.61 Å². The largest absolute Gasteiger partial charge is 0.464 e. The van der Waals surface area contributed by atoms with E-state index in [1.54, 1.807) is 6.92 Å². The molecule has 0 bridgehead atoms. The molecule has 0 saturated heterocycles. The number of aryl methyl sites for hydroxylation is 2. The summed E-state index contributed by atoms with van der Waals surface area (Å²) in [4.78, 5) is 42.9. The maximum absolute atomic E-state index is 13.4. The van der Waals surface area contributed by atoms with Crippen LogP contribution in [-0.4, -0.2) is 22.1 Å². The summed E-state index contributed by atoms with van der Waals surface area (Å²) in [6.07, 6.45) is 1.73. The van der Waals surface area contributed by atoms with Gasteiger partial charge in [-0.15, -0.1) is 11.3 Å². The van der Waals surface area contributed by atoms with Gasteiger partial charge in [0.25, 0.3) is 5.56 Å². The minimum Gasteiger partial charge on any atom is -0.464 e. The summed E-state index contributed by atoms with van der Waals surface area (Å²) < 4.78 is 6.07. The first-order chi connectivity index (χ1) is 12.9. The number of esters is 1. The Labute approximate surface area is 159 Å². The van der Waals surface area contributed by atoms with Gasteiger partial charge in [-0.3, -0.25) is 9.78 Å². The topological polar surface area (TPSA) is 81.2 Å². The lowest BCUT2D eigenvalue weighted by atomic mass is 9.89. The van der Waals surface area contributed by atoms with E-state index in [0.29, 0.717) is 10.2 Å². The molecule has 27 heavy (non-hydrogen) atoms. The Balaban J connectivity index is 2.05. The van der Waals surface area contributed by atoms with Gasteiger partial charge in [0.05, 0.1) is 12.0 Å². The molecule has 6 nitrogen and oxygen atoms in total. The molecule has 0 amide bonds. The van der Waals surface area contributed by atoms with Crippen LogP contribution >= 0.6 is 11.3 Å². The van der Waals surface area contributed by atoms with Gasteiger partial charge in [-0.25, -0.2) is 14.2 Å². The van der Waals surface area contributed by atoms with Crippen molar-refractivity contribution >= 4 is 27.5 Å². The predicted octanol–water partition coefficient (Wildman–Crippen LogP) is 2.82. The second kappa shape index (κ2) is 6.20. The van der Waals surface area contributed by atoms with Crippen molar-refractivity contribution in [1.82, 2.24) is 9.55 Å². The van der Waals surface area contributed by atoms with E-state index in [9.17, 15) is 14.4 Å². The molecular weight excluding hydrogens is 364 g/mol. The third-order valence-corrected chi connectivity index (χ3v) is 6.23. The molecule has 0 unspecified atom stereocenters. The molecule has 1 aliphatic carbocycles. The van der Waals surface area contributed by atoms with Gasteiger partial charge < -0.3 is 4.74 Å². The Morgan fingerprint density at radius 2 is 2.00 bits per heavy atom. The van der Waals surface area contributed by atoms with Gasteiger partial charge in [-0.05, 0) is 44.7 Å². The summed E-state index contributed by atoms with van der Waals surface area (Å²) in [6.45, 7) is 4.93. The Bertz CT molecular complexity index is 1180. The maximum atomic E-state index is 13.4. The lowest BCUT2D eigenvalue weighted by molar-refractivity contribution is -0.152. The van der Waals surface area contributed by atoms with E-state index >= 15 is 0 Å². The molecule has 3 aromatic rings. The van der Waals surface area contributed by atoms with E-state index in [4.69, 9.17) is 4.74 Å². The number of rotatable bonds is 3. The normalized spacial score (nSPS) is 13.3. The summed E-state index contributed by atoms with van der Waals surface area (Å²) in [6, 6.07) is 8.01. The quantitative estimate of drug-likeness (QED) is 0.704. The van der Waals surface area contributed by atoms with Gasteiger partial charge in [0.2, 0.25) is 0 Å². The van der Waals surface area contributed by atoms with E-state index in [2.05, 4.69) is 11.1 Å². The minimum absolute atomic E-state index is 0.179. The zero-order valence-electron chi connectivity index (χ0n) is 15.4. The van der Waals surface area contributed by atoms with Crippen molar-refractivity contribution in [2.24, 2.45) is 0 Å². The fourth-order valence-corrected chi connectivity index (χ4v) is 4.92. The van der Waals surface area contributed by atoms with E-state index in [1.165, 1.54) is 30.7 Å². The molecule has 1 aromatic carbocycles. The van der Waals surface area contributed by atoms with Crippen LogP contribution in [0.1, 0.15) is 31.2 Å². The van der Waals surface area contributed by atoms with Crippen molar-refractivity contribution in [3.63, 3.8) is 0 Å². The number of carbonyl (C=O) groups is 1. The highest BCUT2D eigenvalue weighted by molar-refractivity contribution is 7.19. The number of hydrogen-bond donors (Lipinski definition) is 1.